The predicted octanol–water partition coefficient (Wildman–Crippen LogP) is 4.52. The van der Waals surface area contributed by atoms with Crippen molar-refractivity contribution < 1.29 is 9.47 Å². The highest BCUT2D eigenvalue weighted by Crippen LogP contribution is 2.34. The summed E-state index contributed by atoms with van der Waals surface area (Å²) in [6, 6.07) is 13.7. The van der Waals surface area contributed by atoms with E-state index in [2.05, 4.69) is 31.9 Å². The molecule has 0 saturated heterocycles. The molecule has 0 radical (unpaired) electrons. The first-order valence-electron chi connectivity index (χ1n) is 6.69. The van der Waals surface area contributed by atoms with Crippen LogP contribution >= 0.6 is 31.9 Å². The zero-order valence-corrected chi connectivity index (χ0v) is 14.7. The standard InChI is InChI=1S/C16H17Br2NO2/c17-14-9-12(11-19)10-15(18)16(14)21-8-4-7-20-13-5-2-1-3-6-13/h1-3,5-6,9-10H,4,7-8,11,19H2. The molecule has 0 bridgehead atoms. The Morgan fingerprint density at radius 2 is 1.52 bits per heavy atom. The molecule has 0 unspecified atom stereocenters. The normalized spacial score (nSPS) is 10.4. The molecule has 112 valence electrons. The molecule has 0 aliphatic rings. The van der Waals surface area contributed by atoms with Crippen LogP contribution < -0.4 is 15.2 Å². The minimum atomic E-state index is 0.502. The summed E-state index contributed by atoms with van der Waals surface area (Å²) in [5.41, 5.74) is 6.68. The molecule has 0 fully saturated rings. The van der Waals surface area contributed by atoms with E-state index in [4.69, 9.17) is 15.2 Å². The Hall–Kier alpha value is -1.04. The molecule has 2 aromatic rings. The molecule has 2 aromatic carbocycles. The van der Waals surface area contributed by atoms with Crippen molar-refractivity contribution in [2.45, 2.75) is 13.0 Å². The molecule has 3 nitrogen and oxygen atoms in total. The first-order chi connectivity index (χ1) is 10.2. The van der Waals surface area contributed by atoms with Gasteiger partial charge in [0.05, 0.1) is 22.2 Å². The van der Waals surface area contributed by atoms with Crippen LogP contribution in [0.3, 0.4) is 0 Å². The maximum Gasteiger partial charge on any atom is 0.147 e. The van der Waals surface area contributed by atoms with Gasteiger partial charge in [-0.15, -0.1) is 0 Å². The zero-order chi connectivity index (χ0) is 15.1. The molecular weight excluding hydrogens is 398 g/mol. The first-order valence-corrected chi connectivity index (χ1v) is 8.28. The number of ether oxygens (including phenoxy) is 2. The summed E-state index contributed by atoms with van der Waals surface area (Å²) >= 11 is 7.01. The van der Waals surface area contributed by atoms with Crippen LogP contribution in [0.5, 0.6) is 11.5 Å². The molecular formula is C16H17Br2NO2. The van der Waals surface area contributed by atoms with E-state index in [0.29, 0.717) is 19.8 Å². The van der Waals surface area contributed by atoms with Crippen LogP contribution in [0.25, 0.3) is 0 Å². The van der Waals surface area contributed by atoms with E-state index in [1.807, 2.05) is 42.5 Å². The maximum absolute atomic E-state index is 5.79. The first kappa shape index (κ1) is 16.3. The van der Waals surface area contributed by atoms with Gasteiger partial charge in [-0.2, -0.15) is 0 Å². The van der Waals surface area contributed by atoms with Crippen LogP contribution in [0.1, 0.15) is 12.0 Å². The van der Waals surface area contributed by atoms with E-state index >= 15 is 0 Å². The Morgan fingerprint density at radius 3 is 2.14 bits per heavy atom. The smallest absolute Gasteiger partial charge is 0.147 e. The van der Waals surface area contributed by atoms with Gasteiger partial charge in [-0.1, -0.05) is 18.2 Å². The van der Waals surface area contributed by atoms with E-state index in [9.17, 15) is 0 Å². The Morgan fingerprint density at radius 1 is 0.905 bits per heavy atom. The van der Waals surface area contributed by atoms with Crippen molar-refractivity contribution in [3.8, 4) is 11.5 Å². The Balaban J connectivity index is 1.79. The molecule has 2 N–H and O–H groups in total. The molecule has 0 aliphatic carbocycles. The average molecular weight is 415 g/mol. The van der Waals surface area contributed by atoms with Gasteiger partial charge in [-0.05, 0) is 61.7 Å². The predicted molar refractivity (Wildman–Crippen MR) is 91.8 cm³/mol. The quantitative estimate of drug-likeness (QED) is 0.677. The van der Waals surface area contributed by atoms with Gasteiger partial charge in [-0.25, -0.2) is 0 Å². The fraction of sp³-hybridized carbons (Fsp3) is 0.250. The molecule has 5 heteroatoms. The highest BCUT2D eigenvalue weighted by molar-refractivity contribution is 9.11. The molecule has 0 heterocycles. The summed E-state index contributed by atoms with van der Waals surface area (Å²) < 4.78 is 13.2. The summed E-state index contributed by atoms with van der Waals surface area (Å²) in [6.45, 7) is 1.72. The van der Waals surface area contributed by atoms with Crippen LogP contribution in [-0.4, -0.2) is 13.2 Å². The van der Waals surface area contributed by atoms with Crippen molar-refractivity contribution in [3.05, 3.63) is 57.0 Å². The van der Waals surface area contributed by atoms with Crippen molar-refractivity contribution in [2.75, 3.05) is 13.2 Å². The highest BCUT2D eigenvalue weighted by atomic mass is 79.9. The third-order valence-electron chi connectivity index (χ3n) is 2.84. The number of nitrogens with two attached hydrogens (primary N) is 1. The number of halogens is 2. The van der Waals surface area contributed by atoms with Crippen LogP contribution in [0.4, 0.5) is 0 Å². The van der Waals surface area contributed by atoms with Gasteiger partial charge in [0.1, 0.15) is 11.5 Å². The van der Waals surface area contributed by atoms with Crippen LogP contribution in [-0.2, 0) is 6.54 Å². The van der Waals surface area contributed by atoms with Crippen molar-refractivity contribution in [1.82, 2.24) is 0 Å². The van der Waals surface area contributed by atoms with E-state index < -0.39 is 0 Å². The second-order valence-electron chi connectivity index (χ2n) is 4.46. The number of para-hydroxylation sites is 1. The van der Waals surface area contributed by atoms with Gasteiger partial charge in [-0.3, -0.25) is 0 Å². The fourth-order valence-corrected chi connectivity index (χ4v) is 3.32. The monoisotopic (exact) mass is 413 g/mol. The number of hydrogen-bond acceptors (Lipinski definition) is 3. The lowest BCUT2D eigenvalue weighted by Crippen LogP contribution is -2.06. The van der Waals surface area contributed by atoms with E-state index in [1.165, 1.54) is 0 Å². The van der Waals surface area contributed by atoms with Gasteiger partial charge in [0.15, 0.2) is 0 Å². The second kappa shape index (κ2) is 8.41. The van der Waals surface area contributed by atoms with E-state index in [0.717, 1.165) is 32.4 Å². The van der Waals surface area contributed by atoms with Gasteiger partial charge < -0.3 is 15.2 Å². The van der Waals surface area contributed by atoms with Gasteiger partial charge in [0.25, 0.3) is 0 Å². The molecule has 0 saturated carbocycles. The maximum atomic E-state index is 5.79. The van der Waals surface area contributed by atoms with Crippen LogP contribution in [0.2, 0.25) is 0 Å². The minimum absolute atomic E-state index is 0.502. The van der Waals surface area contributed by atoms with Crippen LogP contribution in [0.15, 0.2) is 51.4 Å². The molecule has 0 aromatic heterocycles. The third kappa shape index (κ3) is 5.02. The van der Waals surface area contributed by atoms with E-state index in [1.54, 1.807) is 0 Å². The third-order valence-corrected chi connectivity index (χ3v) is 4.02. The molecule has 0 atom stereocenters. The lowest BCUT2D eigenvalue weighted by Gasteiger charge is -2.12. The molecule has 0 aliphatic heterocycles. The van der Waals surface area contributed by atoms with Crippen molar-refractivity contribution in [2.24, 2.45) is 5.73 Å². The van der Waals surface area contributed by atoms with Crippen molar-refractivity contribution in [3.63, 3.8) is 0 Å². The Bertz CT molecular complexity index is 553. The Labute approximate surface area is 141 Å². The summed E-state index contributed by atoms with van der Waals surface area (Å²) in [7, 11) is 0. The highest BCUT2D eigenvalue weighted by Gasteiger charge is 2.08. The summed E-state index contributed by atoms with van der Waals surface area (Å²) in [5.74, 6) is 1.68. The molecule has 2 rings (SSSR count). The summed E-state index contributed by atoms with van der Waals surface area (Å²) in [5, 5.41) is 0. The molecule has 0 amide bonds. The summed E-state index contributed by atoms with van der Waals surface area (Å²) in [6.07, 6.45) is 0.812. The molecule has 21 heavy (non-hydrogen) atoms. The number of hydrogen-bond donors (Lipinski definition) is 1. The van der Waals surface area contributed by atoms with Gasteiger partial charge in [0, 0.05) is 13.0 Å². The molecule has 0 spiro atoms. The minimum Gasteiger partial charge on any atom is -0.493 e. The van der Waals surface area contributed by atoms with Crippen molar-refractivity contribution >= 4 is 31.9 Å². The SMILES string of the molecule is NCc1cc(Br)c(OCCCOc2ccccc2)c(Br)c1. The lowest BCUT2D eigenvalue weighted by molar-refractivity contribution is 0.246. The summed E-state index contributed by atoms with van der Waals surface area (Å²) in [4.78, 5) is 0. The second-order valence-corrected chi connectivity index (χ2v) is 6.16. The fourth-order valence-electron chi connectivity index (χ4n) is 1.81. The van der Waals surface area contributed by atoms with Crippen LogP contribution in [0, 0.1) is 0 Å². The van der Waals surface area contributed by atoms with Gasteiger partial charge in [0.2, 0.25) is 0 Å². The zero-order valence-electron chi connectivity index (χ0n) is 11.5. The number of benzene rings is 2. The number of rotatable bonds is 7. The largest absolute Gasteiger partial charge is 0.493 e. The van der Waals surface area contributed by atoms with E-state index in [-0.39, 0.29) is 0 Å². The topological polar surface area (TPSA) is 44.5 Å². The average Bonchev–Trinajstić information content (AvgIpc) is 2.50. The lowest BCUT2D eigenvalue weighted by atomic mass is 10.2. The van der Waals surface area contributed by atoms with Gasteiger partial charge >= 0.3 is 0 Å². The Kier molecular flexibility index (Phi) is 6.54. The van der Waals surface area contributed by atoms with Crippen molar-refractivity contribution in [1.29, 1.82) is 0 Å².